The Labute approximate surface area is 189 Å². The number of nitrogens with two attached hydrogens (primary N) is 2. The van der Waals surface area contributed by atoms with Gasteiger partial charge in [0.05, 0.1) is 20.7 Å². The van der Waals surface area contributed by atoms with E-state index in [0.29, 0.717) is 0 Å². The van der Waals surface area contributed by atoms with Gasteiger partial charge in [0.2, 0.25) is 0 Å². The number of carbonyl (C=O) groups excluding carboxylic acids is 1. The van der Waals surface area contributed by atoms with Crippen LogP contribution in [0.3, 0.4) is 0 Å². The standard InChI is InChI=1S/C6H8O7.CH4N2O.2Na.H3O4P.H2O2/c7-3(8)1-6(13,5(11)12)2-4(9)10;2-1(3)4;;;1-5(2,3)4;1-2/h13H,1-2H2,(H,7,8)(H,9,10)(H,11,12);(H4,2,3,4);;;(H3,1,2,3,4);1-2H/q;;2*+1;;/p-2. The van der Waals surface area contributed by atoms with Gasteiger partial charge in [-0.15, -0.1) is 0 Å². The fraction of sp³-hybridized carbons (Fsp3) is 0.429. The second-order valence-corrected chi connectivity index (χ2v) is 4.29. The van der Waals surface area contributed by atoms with Gasteiger partial charge in [-0.2, -0.15) is 0 Å². The zero-order chi connectivity index (χ0) is 20.7. The van der Waals surface area contributed by atoms with E-state index in [1.54, 1.807) is 0 Å². The second-order valence-electron chi connectivity index (χ2n) is 3.35. The van der Waals surface area contributed by atoms with Crippen LogP contribution >= 0.6 is 7.82 Å². The number of hydrogen-bond acceptors (Lipinski definition) is 10. The van der Waals surface area contributed by atoms with E-state index in [-0.39, 0.29) is 59.1 Å². The zero-order valence-electron chi connectivity index (χ0n) is 13.5. The topological polar surface area (TPSA) is 325 Å². The Kier molecular flexibility index (Phi) is 32.6. The van der Waals surface area contributed by atoms with Crippen molar-refractivity contribution in [1.82, 2.24) is 0 Å². The van der Waals surface area contributed by atoms with Gasteiger partial charge in [-0.25, -0.2) is 9.59 Å². The Morgan fingerprint density at radius 1 is 0.885 bits per heavy atom. The molecule has 0 radical (unpaired) electrons. The summed E-state index contributed by atoms with van der Waals surface area (Å²) in [6.07, 6.45) is -2.29. The van der Waals surface area contributed by atoms with E-state index in [4.69, 9.17) is 55.0 Å². The predicted octanol–water partition coefficient (Wildman–Crippen LogP) is -10.4. The van der Waals surface area contributed by atoms with Crippen molar-refractivity contribution >= 4 is 31.8 Å². The summed E-state index contributed by atoms with van der Waals surface area (Å²) in [7, 11) is -5.14. The molecule has 0 saturated carbocycles. The first-order chi connectivity index (χ1) is 10.5. The van der Waals surface area contributed by atoms with Crippen molar-refractivity contribution in [2.24, 2.45) is 11.5 Å². The number of amides is 2. The Balaban J connectivity index is -0.0000000646. The van der Waals surface area contributed by atoms with Crippen molar-refractivity contribution in [3.05, 3.63) is 0 Å². The van der Waals surface area contributed by atoms with Gasteiger partial charge in [0, 0.05) is 0 Å². The van der Waals surface area contributed by atoms with Crippen molar-refractivity contribution < 1.29 is 128 Å². The SMILES string of the molecule is NC(N)=O.O=C(O)CC(O)(CC(=O)O)C(=O)O.O=P([O-])([O-])O.OO.[Na+].[Na+]. The smallest absolute Gasteiger partial charge is 0.790 e. The molecule has 144 valence electrons. The molecule has 0 aromatic heterocycles. The minimum absolute atomic E-state index is 0. The molecule has 26 heavy (non-hydrogen) atoms. The third-order valence-corrected chi connectivity index (χ3v) is 1.29. The molecule has 0 heterocycles. The number of aliphatic carboxylic acids is 3. The van der Waals surface area contributed by atoms with Crippen molar-refractivity contribution in [2.45, 2.75) is 18.4 Å². The average Bonchev–Trinajstić information content (AvgIpc) is 2.25. The van der Waals surface area contributed by atoms with Crippen LogP contribution in [0.15, 0.2) is 0 Å². The van der Waals surface area contributed by atoms with Gasteiger partial charge in [0.25, 0.3) is 0 Å². The number of primary amides is 2. The molecule has 0 atom stereocenters. The molecule has 0 spiro atoms. The second kappa shape index (κ2) is 21.0. The van der Waals surface area contributed by atoms with Gasteiger partial charge in [0.1, 0.15) is 0 Å². The maximum absolute atomic E-state index is 10.3. The molecule has 0 unspecified atom stereocenters. The molecule has 0 aliphatic carbocycles. The van der Waals surface area contributed by atoms with Gasteiger partial charge >= 0.3 is 83.1 Å². The molecule has 0 aromatic carbocycles. The number of rotatable bonds is 5. The van der Waals surface area contributed by atoms with Crippen LogP contribution in [-0.2, 0) is 18.9 Å². The van der Waals surface area contributed by atoms with E-state index in [1.165, 1.54) is 0 Å². The van der Waals surface area contributed by atoms with Gasteiger partial charge in [-0.05, 0) is 0 Å². The first-order valence-corrected chi connectivity index (χ1v) is 6.40. The van der Waals surface area contributed by atoms with Crippen molar-refractivity contribution in [3.63, 3.8) is 0 Å². The molecule has 11 N–H and O–H groups in total. The van der Waals surface area contributed by atoms with Gasteiger partial charge in [-0.3, -0.25) is 20.1 Å². The zero-order valence-corrected chi connectivity index (χ0v) is 18.4. The van der Waals surface area contributed by atoms with Crippen LogP contribution in [0.1, 0.15) is 12.8 Å². The summed E-state index contributed by atoms with van der Waals surface area (Å²) in [4.78, 5) is 63.8. The van der Waals surface area contributed by atoms with Crippen LogP contribution in [0.2, 0.25) is 0 Å². The Morgan fingerprint density at radius 2 is 1.04 bits per heavy atom. The van der Waals surface area contributed by atoms with E-state index >= 15 is 0 Å². The van der Waals surface area contributed by atoms with Gasteiger partial charge in [-0.1, -0.05) is 0 Å². The Bertz CT molecular complexity index is 440. The number of urea groups is 1. The number of aliphatic hydroxyl groups is 1. The molecule has 0 fully saturated rings. The third kappa shape index (κ3) is 49.5. The maximum Gasteiger partial charge on any atom is 1.00 e. The molecule has 19 heteroatoms. The number of carboxylic acids is 3. The average molecular weight is 428 g/mol. The molecule has 2 amide bonds. The molecule has 0 rings (SSSR count). The molecule has 0 aromatic rings. The quantitative estimate of drug-likeness (QED) is 0.0849. The first kappa shape index (κ1) is 40.4. The number of carboxylic acid groups (broad SMARTS) is 3. The van der Waals surface area contributed by atoms with E-state index in [2.05, 4.69) is 11.5 Å². The summed E-state index contributed by atoms with van der Waals surface area (Å²) >= 11 is 0. The molecule has 0 bridgehead atoms. The van der Waals surface area contributed by atoms with E-state index in [9.17, 15) is 14.4 Å². The van der Waals surface area contributed by atoms with Crippen molar-refractivity contribution in [1.29, 1.82) is 0 Å². The molecule has 0 aliphatic heterocycles. The van der Waals surface area contributed by atoms with Gasteiger partial charge in [0.15, 0.2) is 5.60 Å². The van der Waals surface area contributed by atoms with Crippen LogP contribution in [0.4, 0.5) is 4.79 Å². The third-order valence-electron chi connectivity index (χ3n) is 1.29. The van der Waals surface area contributed by atoms with Crippen LogP contribution < -0.4 is 80.4 Å². The first-order valence-electron chi connectivity index (χ1n) is 4.90. The summed E-state index contributed by atoms with van der Waals surface area (Å²) in [6, 6.07) is -0.833. The normalized spacial score (nSPS) is 8.85. The summed E-state index contributed by atoms with van der Waals surface area (Å²) in [5, 5.41) is 45.8. The largest absolute Gasteiger partial charge is 1.00 e. The van der Waals surface area contributed by atoms with Crippen LogP contribution in [0, 0.1) is 0 Å². The predicted molar refractivity (Wildman–Crippen MR) is 65.9 cm³/mol. The summed E-state index contributed by atoms with van der Waals surface area (Å²) in [6.45, 7) is 0. The summed E-state index contributed by atoms with van der Waals surface area (Å²) < 4.78 is 8.66. The summed E-state index contributed by atoms with van der Waals surface area (Å²) in [5.41, 5.74) is 5.76. The molecular weight excluding hydrogens is 413 g/mol. The van der Waals surface area contributed by atoms with Crippen molar-refractivity contribution in [3.8, 4) is 0 Å². The number of hydrogen-bond donors (Lipinski definition) is 9. The minimum Gasteiger partial charge on any atom is -0.790 e. The van der Waals surface area contributed by atoms with Crippen LogP contribution in [0.25, 0.3) is 0 Å². The van der Waals surface area contributed by atoms with Gasteiger partial charge < -0.3 is 51.1 Å². The maximum atomic E-state index is 10.3. The van der Waals surface area contributed by atoms with E-state index in [1.807, 2.05) is 0 Å². The molecular formula is C7H15N2Na2O14P. The van der Waals surface area contributed by atoms with E-state index < -0.39 is 50.2 Å². The molecule has 0 aliphatic rings. The Morgan fingerprint density at radius 3 is 1.12 bits per heavy atom. The van der Waals surface area contributed by atoms with Crippen LogP contribution in [-0.4, -0.2) is 65.4 Å². The fourth-order valence-corrected chi connectivity index (χ4v) is 0.714. The number of phosphoric acid groups is 1. The molecule has 16 nitrogen and oxygen atoms in total. The number of carbonyl (C=O) groups is 4. The fourth-order valence-electron chi connectivity index (χ4n) is 0.714. The van der Waals surface area contributed by atoms with E-state index in [0.717, 1.165) is 0 Å². The van der Waals surface area contributed by atoms with Crippen LogP contribution in [0.5, 0.6) is 0 Å². The summed E-state index contributed by atoms with van der Waals surface area (Å²) in [5.74, 6) is -5.02. The Hall–Kier alpha value is -0.330. The minimum atomic E-state index is -5.14. The molecule has 0 saturated heterocycles. The monoisotopic (exact) mass is 428 g/mol. The van der Waals surface area contributed by atoms with Crippen molar-refractivity contribution in [2.75, 3.05) is 0 Å².